The van der Waals surface area contributed by atoms with Crippen molar-refractivity contribution in [3.05, 3.63) is 29.3 Å². The Morgan fingerprint density at radius 3 is 2.28 bits per heavy atom. The lowest BCUT2D eigenvalue weighted by Crippen LogP contribution is -2.05. The summed E-state index contributed by atoms with van der Waals surface area (Å²) in [6.07, 6.45) is 3.65. The van der Waals surface area contributed by atoms with Gasteiger partial charge in [-0.2, -0.15) is 0 Å². The van der Waals surface area contributed by atoms with E-state index in [4.69, 9.17) is 4.74 Å². The van der Waals surface area contributed by atoms with E-state index in [2.05, 4.69) is 52.8 Å². The number of rotatable bonds is 7. The predicted molar refractivity (Wildman–Crippen MR) is 79.6 cm³/mol. The van der Waals surface area contributed by atoms with Crippen LogP contribution in [0.4, 0.5) is 0 Å². The molecule has 0 atom stereocenters. The Labute approximate surface area is 113 Å². The van der Waals surface area contributed by atoms with E-state index in [0.717, 1.165) is 18.8 Å². The third-order valence-corrected chi connectivity index (χ3v) is 3.30. The van der Waals surface area contributed by atoms with Gasteiger partial charge >= 0.3 is 0 Å². The van der Waals surface area contributed by atoms with Crippen molar-refractivity contribution in [2.24, 2.45) is 0 Å². The second kappa shape index (κ2) is 7.45. The van der Waals surface area contributed by atoms with E-state index in [1.807, 2.05) is 0 Å². The first-order chi connectivity index (χ1) is 8.57. The maximum absolute atomic E-state index is 5.99. The SMILES string of the molecule is CCCCCOc1cccc(C(C)C)c1C(C)C. The molecular formula is C17H28O. The van der Waals surface area contributed by atoms with Crippen molar-refractivity contribution in [1.82, 2.24) is 0 Å². The molecule has 1 aromatic rings. The Balaban J connectivity index is 2.86. The molecule has 0 saturated heterocycles. The van der Waals surface area contributed by atoms with Crippen LogP contribution in [0.25, 0.3) is 0 Å². The summed E-state index contributed by atoms with van der Waals surface area (Å²) in [6.45, 7) is 12.1. The third kappa shape index (κ3) is 4.04. The number of hydrogen-bond donors (Lipinski definition) is 0. The van der Waals surface area contributed by atoms with Gasteiger partial charge in [-0.15, -0.1) is 0 Å². The maximum atomic E-state index is 5.99. The number of benzene rings is 1. The first-order valence-corrected chi connectivity index (χ1v) is 7.33. The summed E-state index contributed by atoms with van der Waals surface area (Å²) in [6, 6.07) is 6.47. The van der Waals surface area contributed by atoms with Gasteiger partial charge in [0, 0.05) is 5.56 Å². The first-order valence-electron chi connectivity index (χ1n) is 7.33. The van der Waals surface area contributed by atoms with E-state index < -0.39 is 0 Å². The van der Waals surface area contributed by atoms with Crippen LogP contribution in [0.5, 0.6) is 5.75 Å². The molecule has 0 fully saturated rings. The summed E-state index contributed by atoms with van der Waals surface area (Å²) in [5.74, 6) is 2.17. The van der Waals surface area contributed by atoms with Crippen LogP contribution in [0.1, 0.15) is 76.8 Å². The van der Waals surface area contributed by atoms with Crippen molar-refractivity contribution in [2.75, 3.05) is 6.61 Å². The van der Waals surface area contributed by atoms with E-state index in [1.165, 1.54) is 24.0 Å². The van der Waals surface area contributed by atoms with Crippen LogP contribution in [-0.2, 0) is 0 Å². The molecule has 0 aliphatic carbocycles. The largest absolute Gasteiger partial charge is 0.493 e. The smallest absolute Gasteiger partial charge is 0.123 e. The van der Waals surface area contributed by atoms with E-state index in [1.54, 1.807) is 0 Å². The summed E-state index contributed by atoms with van der Waals surface area (Å²) in [5, 5.41) is 0. The zero-order valence-electron chi connectivity index (χ0n) is 12.6. The number of unbranched alkanes of at least 4 members (excludes halogenated alkanes) is 2. The Hall–Kier alpha value is -0.980. The fourth-order valence-electron chi connectivity index (χ4n) is 2.34. The van der Waals surface area contributed by atoms with E-state index >= 15 is 0 Å². The van der Waals surface area contributed by atoms with Gasteiger partial charge in [0.1, 0.15) is 5.75 Å². The van der Waals surface area contributed by atoms with Crippen LogP contribution in [0.15, 0.2) is 18.2 Å². The van der Waals surface area contributed by atoms with Gasteiger partial charge in [-0.05, 0) is 29.9 Å². The van der Waals surface area contributed by atoms with Gasteiger partial charge in [0.05, 0.1) is 6.61 Å². The van der Waals surface area contributed by atoms with Gasteiger partial charge in [0.15, 0.2) is 0 Å². The van der Waals surface area contributed by atoms with Gasteiger partial charge in [-0.1, -0.05) is 59.6 Å². The minimum absolute atomic E-state index is 0.518. The molecule has 0 spiro atoms. The lowest BCUT2D eigenvalue weighted by molar-refractivity contribution is 0.301. The maximum Gasteiger partial charge on any atom is 0.123 e. The van der Waals surface area contributed by atoms with Crippen LogP contribution in [0.3, 0.4) is 0 Å². The highest BCUT2D eigenvalue weighted by Crippen LogP contribution is 2.34. The van der Waals surface area contributed by atoms with Crippen molar-refractivity contribution < 1.29 is 4.74 Å². The molecule has 0 bridgehead atoms. The summed E-state index contributed by atoms with van der Waals surface area (Å²) >= 11 is 0. The Morgan fingerprint density at radius 2 is 1.72 bits per heavy atom. The van der Waals surface area contributed by atoms with Gasteiger partial charge in [0.25, 0.3) is 0 Å². The zero-order valence-corrected chi connectivity index (χ0v) is 12.6. The Kier molecular flexibility index (Phi) is 6.24. The molecule has 1 rings (SSSR count). The number of ether oxygens (including phenoxy) is 1. The summed E-state index contributed by atoms with van der Waals surface area (Å²) < 4.78 is 5.99. The van der Waals surface area contributed by atoms with Gasteiger partial charge < -0.3 is 4.74 Å². The van der Waals surface area contributed by atoms with Gasteiger partial charge in [0.2, 0.25) is 0 Å². The van der Waals surface area contributed by atoms with Crippen molar-refractivity contribution in [1.29, 1.82) is 0 Å². The highest BCUT2D eigenvalue weighted by atomic mass is 16.5. The lowest BCUT2D eigenvalue weighted by Gasteiger charge is -2.20. The molecule has 1 heteroatoms. The topological polar surface area (TPSA) is 9.23 Å². The van der Waals surface area contributed by atoms with Crippen LogP contribution in [-0.4, -0.2) is 6.61 Å². The van der Waals surface area contributed by atoms with Crippen molar-refractivity contribution in [3.8, 4) is 5.75 Å². The van der Waals surface area contributed by atoms with Crippen LogP contribution in [0, 0.1) is 0 Å². The van der Waals surface area contributed by atoms with Crippen LogP contribution < -0.4 is 4.74 Å². The quantitative estimate of drug-likeness (QED) is 0.579. The average molecular weight is 248 g/mol. The molecule has 102 valence electrons. The second-order valence-corrected chi connectivity index (χ2v) is 5.62. The Bertz CT molecular complexity index is 353. The minimum atomic E-state index is 0.518. The molecule has 0 saturated carbocycles. The molecule has 0 N–H and O–H groups in total. The zero-order chi connectivity index (χ0) is 13.5. The first kappa shape index (κ1) is 15.1. The highest BCUT2D eigenvalue weighted by Gasteiger charge is 2.15. The molecular weight excluding hydrogens is 220 g/mol. The molecule has 0 radical (unpaired) electrons. The molecule has 0 amide bonds. The summed E-state index contributed by atoms with van der Waals surface area (Å²) in [7, 11) is 0. The molecule has 1 aromatic carbocycles. The lowest BCUT2D eigenvalue weighted by atomic mass is 9.90. The number of hydrogen-bond acceptors (Lipinski definition) is 1. The van der Waals surface area contributed by atoms with Crippen molar-refractivity contribution in [3.63, 3.8) is 0 Å². The molecule has 0 aliphatic heterocycles. The van der Waals surface area contributed by atoms with Crippen molar-refractivity contribution >= 4 is 0 Å². The minimum Gasteiger partial charge on any atom is -0.493 e. The highest BCUT2D eigenvalue weighted by molar-refractivity contribution is 5.43. The van der Waals surface area contributed by atoms with Crippen LogP contribution in [0.2, 0.25) is 0 Å². The normalized spacial score (nSPS) is 11.3. The summed E-state index contributed by atoms with van der Waals surface area (Å²) in [5.41, 5.74) is 2.82. The van der Waals surface area contributed by atoms with Crippen molar-refractivity contribution in [2.45, 2.75) is 65.7 Å². The average Bonchev–Trinajstić information content (AvgIpc) is 2.33. The fraction of sp³-hybridized carbons (Fsp3) is 0.647. The molecule has 0 unspecified atom stereocenters. The van der Waals surface area contributed by atoms with Gasteiger partial charge in [-0.25, -0.2) is 0 Å². The van der Waals surface area contributed by atoms with E-state index in [-0.39, 0.29) is 0 Å². The monoisotopic (exact) mass is 248 g/mol. The molecule has 0 aliphatic rings. The molecule has 1 nitrogen and oxygen atoms in total. The molecule has 0 aromatic heterocycles. The van der Waals surface area contributed by atoms with E-state index in [9.17, 15) is 0 Å². The fourth-order valence-corrected chi connectivity index (χ4v) is 2.34. The Morgan fingerprint density at radius 1 is 1.00 bits per heavy atom. The second-order valence-electron chi connectivity index (χ2n) is 5.62. The molecule has 18 heavy (non-hydrogen) atoms. The third-order valence-electron chi connectivity index (χ3n) is 3.30. The standard InChI is InChI=1S/C17H28O/c1-6-7-8-12-18-16-11-9-10-15(13(2)3)17(16)14(4)5/h9-11,13-14H,6-8,12H2,1-5H3. The van der Waals surface area contributed by atoms with E-state index in [0.29, 0.717) is 11.8 Å². The predicted octanol–water partition coefficient (Wildman–Crippen LogP) is 5.50. The van der Waals surface area contributed by atoms with Crippen LogP contribution >= 0.6 is 0 Å². The molecule has 0 heterocycles. The van der Waals surface area contributed by atoms with Gasteiger partial charge in [-0.3, -0.25) is 0 Å². The summed E-state index contributed by atoms with van der Waals surface area (Å²) in [4.78, 5) is 0.